The number of halogens is 3. The fourth-order valence-electron chi connectivity index (χ4n) is 3.37. The van der Waals surface area contributed by atoms with E-state index in [4.69, 9.17) is 0 Å². The molecule has 4 rings (SSSR count). The highest BCUT2D eigenvalue weighted by molar-refractivity contribution is 5.91. The number of hydrogen-bond acceptors (Lipinski definition) is 4. The molecule has 1 aliphatic heterocycles. The number of para-hydroxylation sites is 1. The minimum absolute atomic E-state index is 0.181. The number of fused-ring (bicyclic) bond motifs is 1. The van der Waals surface area contributed by atoms with Gasteiger partial charge in [-0.25, -0.2) is 27.9 Å². The van der Waals surface area contributed by atoms with Crippen LogP contribution in [0.5, 0.6) is 0 Å². The molecule has 1 aliphatic rings. The van der Waals surface area contributed by atoms with Gasteiger partial charge < -0.3 is 15.5 Å². The molecule has 150 valence electrons. The van der Waals surface area contributed by atoms with E-state index in [9.17, 15) is 18.0 Å². The summed E-state index contributed by atoms with van der Waals surface area (Å²) >= 11 is 0. The number of amides is 2. The molecule has 3 aromatic rings. The molecule has 1 aromatic heterocycles. The predicted molar refractivity (Wildman–Crippen MR) is 104 cm³/mol. The van der Waals surface area contributed by atoms with E-state index in [1.165, 1.54) is 24.3 Å². The van der Waals surface area contributed by atoms with E-state index < -0.39 is 18.3 Å². The molecular weight excluding hydrogens is 383 g/mol. The molecule has 2 heterocycles. The normalized spacial score (nSPS) is 16.4. The summed E-state index contributed by atoms with van der Waals surface area (Å²) in [4.78, 5) is 22.1. The van der Waals surface area contributed by atoms with Crippen LogP contribution in [-0.2, 0) is 0 Å². The van der Waals surface area contributed by atoms with Crippen LogP contribution in [0.15, 0.2) is 48.5 Å². The maximum atomic E-state index is 13.2. The second kappa shape index (κ2) is 7.94. The summed E-state index contributed by atoms with van der Waals surface area (Å²) in [6.45, 7) is 0.992. The van der Waals surface area contributed by atoms with Gasteiger partial charge in [-0.3, -0.25) is 0 Å². The zero-order valence-corrected chi connectivity index (χ0v) is 15.3. The molecule has 1 saturated heterocycles. The van der Waals surface area contributed by atoms with Gasteiger partial charge in [0.25, 0.3) is 6.43 Å². The van der Waals surface area contributed by atoms with Gasteiger partial charge in [0.05, 0.1) is 5.52 Å². The average Bonchev–Trinajstić information content (AvgIpc) is 3.17. The lowest BCUT2D eigenvalue weighted by atomic mass is 10.2. The first-order chi connectivity index (χ1) is 14.0. The second-order valence-electron chi connectivity index (χ2n) is 6.76. The highest BCUT2D eigenvalue weighted by Gasteiger charge is 2.27. The standard InChI is InChI=1S/C20H18F3N5O/c21-12-5-7-13(8-6-12)24-20(29)25-14-9-10-28(11-14)19-15-3-1-2-4-16(15)26-18(27-19)17(22)23/h1-8,14,17H,9-11H2,(H2,24,25,29)/t14-/m1/s1. The summed E-state index contributed by atoms with van der Waals surface area (Å²) < 4.78 is 39.4. The molecule has 0 saturated carbocycles. The topological polar surface area (TPSA) is 70.2 Å². The Balaban J connectivity index is 1.47. The van der Waals surface area contributed by atoms with Crippen LogP contribution in [0.1, 0.15) is 18.7 Å². The molecule has 9 heteroatoms. The largest absolute Gasteiger partial charge is 0.354 e. The van der Waals surface area contributed by atoms with Crippen molar-refractivity contribution in [2.24, 2.45) is 0 Å². The van der Waals surface area contributed by atoms with Crippen LogP contribution in [0.2, 0.25) is 0 Å². The second-order valence-corrected chi connectivity index (χ2v) is 6.76. The molecule has 29 heavy (non-hydrogen) atoms. The third-order valence-electron chi connectivity index (χ3n) is 4.72. The number of carbonyl (C=O) groups is 1. The van der Waals surface area contributed by atoms with Crippen molar-refractivity contribution in [3.63, 3.8) is 0 Å². The minimum Gasteiger partial charge on any atom is -0.354 e. The van der Waals surface area contributed by atoms with E-state index in [1.807, 2.05) is 4.90 Å². The number of carbonyl (C=O) groups excluding carboxylic acids is 1. The number of anilines is 2. The van der Waals surface area contributed by atoms with Crippen molar-refractivity contribution in [3.8, 4) is 0 Å². The van der Waals surface area contributed by atoms with Gasteiger partial charge in [-0.2, -0.15) is 0 Å². The lowest BCUT2D eigenvalue weighted by molar-refractivity contribution is 0.141. The van der Waals surface area contributed by atoms with Crippen molar-refractivity contribution in [2.75, 3.05) is 23.3 Å². The highest BCUT2D eigenvalue weighted by atomic mass is 19.3. The molecule has 2 amide bonds. The zero-order chi connectivity index (χ0) is 20.4. The van der Waals surface area contributed by atoms with Crippen LogP contribution in [0.25, 0.3) is 10.9 Å². The Morgan fingerprint density at radius 1 is 1.10 bits per heavy atom. The van der Waals surface area contributed by atoms with Gasteiger partial charge >= 0.3 is 6.03 Å². The van der Waals surface area contributed by atoms with Gasteiger partial charge in [-0.15, -0.1) is 0 Å². The van der Waals surface area contributed by atoms with Crippen LogP contribution in [0, 0.1) is 5.82 Å². The first-order valence-electron chi connectivity index (χ1n) is 9.12. The Hall–Kier alpha value is -3.36. The molecular formula is C20H18F3N5O. The van der Waals surface area contributed by atoms with Gasteiger partial charge in [0.1, 0.15) is 11.6 Å². The molecule has 2 aromatic carbocycles. The molecule has 0 bridgehead atoms. The molecule has 1 atom stereocenters. The summed E-state index contributed by atoms with van der Waals surface area (Å²) in [5, 5.41) is 6.18. The summed E-state index contributed by atoms with van der Waals surface area (Å²) in [5.74, 6) is -0.457. The minimum atomic E-state index is -2.77. The summed E-state index contributed by atoms with van der Waals surface area (Å²) in [7, 11) is 0. The molecule has 2 N–H and O–H groups in total. The summed E-state index contributed by atoms with van der Waals surface area (Å²) in [5.41, 5.74) is 0.931. The average molecular weight is 401 g/mol. The molecule has 0 aliphatic carbocycles. The first-order valence-corrected chi connectivity index (χ1v) is 9.12. The maximum Gasteiger partial charge on any atom is 0.319 e. The van der Waals surface area contributed by atoms with Crippen LogP contribution in [0.4, 0.5) is 29.5 Å². The number of urea groups is 1. The Kier molecular flexibility index (Phi) is 5.20. The summed E-state index contributed by atoms with van der Waals surface area (Å²) in [6.07, 6.45) is -2.13. The highest BCUT2D eigenvalue weighted by Crippen LogP contribution is 2.29. The quantitative estimate of drug-likeness (QED) is 0.690. The number of nitrogens with one attached hydrogen (secondary N) is 2. The van der Waals surface area contributed by atoms with Crippen LogP contribution in [0.3, 0.4) is 0 Å². The van der Waals surface area contributed by atoms with Crippen LogP contribution >= 0.6 is 0 Å². The Labute approximate surface area is 164 Å². The fourth-order valence-corrected chi connectivity index (χ4v) is 3.37. The van der Waals surface area contributed by atoms with E-state index in [0.29, 0.717) is 41.9 Å². The van der Waals surface area contributed by atoms with Crippen molar-refractivity contribution in [2.45, 2.75) is 18.9 Å². The van der Waals surface area contributed by atoms with E-state index in [0.717, 1.165) is 0 Å². The molecule has 1 fully saturated rings. The number of hydrogen-bond donors (Lipinski definition) is 2. The third-order valence-corrected chi connectivity index (χ3v) is 4.72. The number of rotatable bonds is 4. The fraction of sp³-hybridized carbons (Fsp3) is 0.250. The maximum absolute atomic E-state index is 13.2. The number of benzene rings is 2. The smallest absolute Gasteiger partial charge is 0.319 e. The van der Waals surface area contributed by atoms with E-state index in [1.54, 1.807) is 24.3 Å². The van der Waals surface area contributed by atoms with E-state index in [-0.39, 0.29) is 11.9 Å². The zero-order valence-electron chi connectivity index (χ0n) is 15.3. The monoisotopic (exact) mass is 401 g/mol. The van der Waals surface area contributed by atoms with Gasteiger partial charge in [0, 0.05) is 30.2 Å². The van der Waals surface area contributed by atoms with E-state index >= 15 is 0 Å². The molecule has 0 radical (unpaired) electrons. The predicted octanol–water partition coefficient (Wildman–Crippen LogP) is 4.11. The molecule has 0 unspecified atom stereocenters. The first kappa shape index (κ1) is 19.0. The van der Waals surface area contributed by atoms with Crippen molar-refractivity contribution < 1.29 is 18.0 Å². The van der Waals surface area contributed by atoms with Crippen molar-refractivity contribution >= 4 is 28.4 Å². The lowest BCUT2D eigenvalue weighted by Gasteiger charge is -2.20. The number of aromatic nitrogens is 2. The van der Waals surface area contributed by atoms with E-state index in [2.05, 4.69) is 20.6 Å². The van der Waals surface area contributed by atoms with Crippen LogP contribution in [-0.4, -0.2) is 35.1 Å². The van der Waals surface area contributed by atoms with Crippen LogP contribution < -0.4 is 15.5 Å². The Morgan fingerprint density at radius 3 is 2.62 bits per heavy atom. The SMILES string of the molecule is O=C(Nc1ccc(F)cc1)N[C@@H]1CCN(c2nc(C(F)F)nc3ccccc23)C1. The lowest BCUT2D eigenvalue weighted by Crippen LogP contribution is -2.39. The third kappa shape index (κ3) is 4.23. The number of nitrogens with zero attached hydrogens (tertiary/aromatic N) is 3. The number of alkyl halides is 2. The Morgan fingerprint density at radius 2 is 1.86 bits per heavy atom. The van der Waals surface area contributed by atoms with Gasteiger partial charge in [-0.1, -0.05) is 12.1 Å². The van der Waals surface area contributed by atoms with Gasteiger partial charge in [0.2, 0.25) is 0 Å². The Bertz CT molecular complexity index is 1030. The molecule has 0 spiro atoms. The van der Waals surface area contributed by atoms with Crippen molar-refractivity contribution in [3.05, 3.63) is 60.2 Å². The molecule has 6 nitrogen and oxygen atoms in total. The van der Waals surface area contributed by atoms with Crippen molar-refractivity contribution in [1.82, 2.24) is 15.3 Å². The van der Waals surface area contributed by atoms with Crippen molar-refractivity contribution in [1.29, 1.82) is 0 Å². The summed E-state index contributed by atoms with van der Waals surface area (Å²) in [6, 6.07) is 11.9. The van der Waals surface area contributed by atoms with Gasteiger partial charge in [-0.05, 0) is 42.8 Å². The van der Waals surface area contributed by atoms with Gasteiger partial charge in [0.15, 0.2) is 5.82 Å².